The first kappa shape index (κ1) is 11.9. The molecule has 5 heteroatoms. The number of carbonyl (C=O) groups is 1. The molecule has 0 aliphatic rings. The number of rotatable bonds is 3. The lowest BCUT2D eigenvalue weighted by molar-refractivity contribution is 0.0951. The Balaban J connectivity index is 2.05. The number of amides is 1. The van der Waals surface area contributed by atoms with E-state index in [9.17, 15) is 9.59 Å². The van der Waals surface area contributed by atoms with Crippen LogP contribution in [0.15, 0.2) is 47.4 Å². The van der Waals surface area contributed by atoms with Gasteiger partial charge in [-0.1, -0.05) is 12.1 Å². The molecule has 1 amide bonds. The van der Waals surface area contributed by atoms with Crippen molar-refractivity contribution >= 4 is 11.6 Å². The third kappa shape index (κ3) is 2.76. The topological polar surface area (TPSA) is 88.0 Å². The number of hydrogen-bond donors (Lipinski definition) is 3. The lowest BCUT2D eigenvalue weighted by Crippen LogP contribution is -2.26. The molecule has 1 aromatic carbocycles. The van der Waals surface area contributed by atoms with E-state index in [0.717, 1.165) is 0 Å². The summed E-state index contributed by atoms with van der Waals surface area (Å²) in [6.45, 7) is 0.184. The second-order valence-corrected chi connectivity index (χ2v) is 3.83. The van der Waals surface area contributed by atoms with Gasteiger partial charge in [0.2, 0.25) is 0 Å². The Labute approximate surface area is 104 Å². The lowest BCUT2D eigenvalue weighted by Gasteiger charge is -2.05. The fraction of sp³-hybridized carbons (Fsp3) is 0.0769. The predicted molar refractivity (Wildman–Crippen MR) is 69.1 cm³/mol. The van der Waals surface area contributed by atoms with E-state index in [4.69, 9.17) is 5.73 Å². The van der Waals surface area contributed by atoms with Gasteiger partial charge in [-0.25, -0.2) is 0 Å². The van der Waals surface area contributed by atoms with Gasteiger partial charge in [0.1, 0.15) is 0 Å². The SMILES string of the molecule is Nc1cccc(C(=O)NCc2ccc[nH]c2=O)c1. The smallest absolute Gasteiger partial charge is 0.252 e. The molecule has 0 fully saturated rings. The summed E-state index contributed by atoms with van der Waals surface area (Å²) in [4.78, 5) is 25.7. The van der Waals surface area contributed by atoms with Gasteiger partial charge in [-0.3, -0.25) is 9.59 Å². The summed E-state index contributed by atoms with van der Waals surface area (Å²) in [5.74, 6) is -0.259. The van der Waals surface area contributed by atoms with Gasteiger partial charge >= 0.3 is 0 Å². The van der Waals surface area contributed by atoms with E-state index in [2.05, 4.69) is 10.3 Å². The van der Waals surface area contributed by atoms with Gasteiger partial charge in [0.15, 0.2) is 0 Å². The molecule has 0 saturated carbocycles. The summed E-state index contributed by atoms with van der Waals surface area (Å²) in [6.07, 6.45) is 1.55. The highest BCUT2D eigenvalue weighted by Crippen LogP contribution is 2.06. The second-order valence-electron chi connectivity index (χ2n) is 3.83. The van der Waals surface area contributed by atoms with E-state index < -0.39 is 0 Å². The lowest BCUT2D eigenvalue weighted by atomic mass is 10.2. The quantitative estimate of drug-likeness (QED) is 0.699. The zero-order chi connectivity index (χ0) is 13.0. The molecule has 0 saturated heterocycles. The third-order valence-electron chi connectivity index (χ3n) is 2.49. The fourth-order valence-corrected chi connectivity index (χ4v) is 1.55. The van der Waals surface area contributed by atoms with E-state index >= 15 is 0 Å². The van der Waals surface area contributed by atoms with Crippen LogP contribution in [0.4, 0.5) is 5.69 Å². The average Bonchev–Trinajstić information content (AvgIpc) is 2.37. The number of hydrogen-bond acceptors (Lipinski definition) is 3. The van der Waals surface area contributed by atoms with Gasteiger partial charge in [0.05, 0.1) is 0 Å². The molecule has 0 aliphatic carbocycles. The number of pyridine rings is 1. The van der Waals surface area contributed by atoms with Gasteiger partial charge in [0.25, 0.3) is 11.5 Å². The summed E-state index contributed by atoms with van der Waals surface area (Å²) in [5, 5.41) is 2.67. The van der Waals surface area contributed by atoms with E-state index in [1.54, 1.807) is 42.6 Å². The summed E-state index contributed by atoms with van der Waals surface area (Å²) >= 11 is 0. The maximum Gasteiger partial charge on any atom is 0.252 e. The number of carbonyl (C=O) groups excluding carboxylic acids is 1. The van der Waals surface area contributed by atoms with Crippen LogP contribution in [0.2, 0.25) is 0 Å². The summed E-state index contributed by atoms with van der Waals surface area (Å²) in [6, 6.07) is 10.0. The number of aromatic nitrogens is 1. The van der Waals surface area contributed by atoms with Crippen LogP contribution >= 0.6 is 0 Å². The molecule has 2 aromatic rings. The molecule has 18 heavy (non-hydrogen) atoms. The second kappa shape index (κ2) is 5.18. The third-order valence-corrected chi connectivity index (χ3v) is 2.49. The van der Waals surface area contributed by atoms with E-state index in [-0.39, 0.29) is 18.0 Å². The van der Waals surface area contributed by atoms with Crippen LogP contribution in [-0.2, 0) is 6.54 Å². The predicted octanol–water partition coefficient (Wildman–Crippen LogP) is 0.887. The first-order valence-corrected chi connectivity index (χ1v) is 5.47. The minimum Gasteiger partial charge on any atom is -0.399 e. The van der Waals surface area contributed by atoms with Gasteiger partial charge in [-0.05, 0) is 24.3 Å². The minimum absolute atomic E-state index is 0.184. The monoisotopic (exact) mass is 243 g/mol. The average molecular weight is 243 g/mol. The number of H-pyrrole nitrogens is 1. The van der Waals surface area contributed by atoms with Gasteiger partial charge in [-0.2, -0.15) is 0 Å². The van der Waals surface area contributed by atoms with Crippen molar-refractivity contribution in [3.8, 4) is 0 Å². The number of nitrogens with one attached hydrogen (secondary N) is 2. The molecule has 4 N–H and O–H groups in total. The van der Waals surface area contributed by atoms with Gasteiger partial charge < -0.3 is 16.0 Å². The molecule has 92 valence electrons. The van der Waals surface area contributed by atoms with Crippen molar-refractivity contribution in [2.75, 3.05) is 5.73 Å². The van der Waals surface area contributed by atoms with E-state index in [1.165, 1.54) is 0 Å². The van der Waals surface area contributed by atoms with Crippen LogP contribution < -0.4 is 16.6 Å². The van der Waals surface area contributed by atoms with E-state index in [1.807, 2.05) is 0 Å². The van der Waals surface area contributed by atoms with Crippen molar-refractivity contribution in [3.63, 3.8) is 0 Å². The van der Waals surface area contributed by atoms with Crippen LogP contribution in [0.3, 0.4) is 0 Å². The standard InChI is InChI=1S/C13H13N3O2/c14-11-5-1-3-9(7-11)12(17)16-8-10-4-2-6-15-13(10)18/h1-7H,8,14H2,(H,15,18)(H,16,17). The Kier molecular flexibility index (Phi) is 3.43. The molecule has 0 bridgehead atoms. The maximum absolute atomic E-state index is 11.8. The Morgan fingerprint density at radius 3 is 2.83 bits per heavy atom. The highest BCUT2D eigenvalue weighted by Gasteiger charge is 2.06. The zero-order valence-corrected chi connectivity index (χ0v) is 9.64. The molecular formula is C13H13N3O2. The molecule has 1 aromatic heterocycles. The Morgan fingerprint density at radius 2 is 2.11 bits per heavy atom. The minimum atomic E-state index is -0.259. The van der Waals surface area contributed by atoms with Crippen LogP contribution in [0, 0.1) is 0 Å². The van der Waals surface area contributed by atoms with Gasteiger partial charge in [-0.15, -0.1) is 0 Å². The molecular weight excluding hydrogens is 230 g/mol. The van der Waals surface area contributed by atoms with E-state index in [0.29, 0.717) is 16.8 Å². The highest BCUT2D eigenvalue weighted by atomic mass is 16.1. The van der Waals surface area contributed by atoms with Crippen molar-refractivity contribution in [1.82, 2.24) is 10.3 Å². The number of nitrogen functional groups attached to an aromatic ring is 1. The molecule has 0 unspecified atom stereocenters. The Morgan fingerprint density at radius 1 is 1.28 bits per heavy atom. The van der Waals surface area contributed by atoms with Crippen LogP contribution in [-0.4, -0.2) is 10.9 Å². The molecule has 0 atom stereocenters. The molecule has 0 radical (unpaired) electrons. The summed E-state index contributed by atoms with van der Waals surface area (Å²) < 4.78 is 0. The number of anilines is 1. The first-order valence-electron chi connectivity index (χ1n) is 5.47. The summed E-state index contributed by atoms with van der Waals surface area (Å²) in [5.41, 5.74) is 6.90. The Bertz CT molecular complexity index is 619. The van der Waals surface area contributed by atoms with Crippen LogP contribution in [0.1, 0.15) is 15.9 Å². The van der Waals surface area contributed by atoms with Crippen molar-refractivity contribution in [3.05, 3.63) is 64.1 Å². The van der Waals surface area contributed by atoms with Gasteiger partial charge in [0, 0.05) is 29.6 Å². The highest BCUT2D eigenvalue weighted by molar-refractivity contribution is 5.94. The molecule has 5 nitrogen and oxygen atoms in total. The van der Waals surface area contributed by atoms with Crippen LogP contribution in [0.25, 0.3) is 0 Å². The summed E-state index contributed by atoms with van der Waals surface area (Å²) in [7, 11) is 0. The maximum atomic E-state index is 11.8. The first-order chi connectivity index (χ1) is 8.66. The number of aromatic amines is 1. The molecule has 0 spiro atoms. The fourth-order valence-electron chi connectivity index (χ4n) is 1.55. The Hall–Kier alpha value is -2.56. The van der Waals surface area contributed by atoms with Crippen molar-refractivity contribution in [1.29, 1.82) is 0 Å². The van der Waals surface area contributed by atoms with Crippen molar-refractivity contribution in [2.24, 2.45) is 0 Å². The molecule has 0 aliphatic heterocycles. The number of benzene rings is 1. The molecule has 1 heterocycles. The zero-order valence-electron chi connectivity index (χ0n) is 9.64. The largest absolute Gasteiger partial charge is 0.399 e. The number of nitrogens with two attached hydrogens (primary N) is 1. The van der Waals surface area contributed by atoms with Crippen molar-refractivity contribution < 1.29 is 4.79 Å². The van der Waals surface area contributed by atoms with Crippen LogP contribution in [0.5, 0.6) is 0 Å². The van der Waals surface area contributed by atoms with Crippen molar-refractivity contribution in [2.45, 2.75) is 6.54 Å². The molecule has 2 rings (SSSR count). The normalized spacial score (nSPS) is 10.0.